The number of aryl methyl sites for hydroxylation is 1. The molecule has 0 saturated heterocycles. The number of pyridine rings is 1. The van der Waals surface area contributed by atoms with Crippen LogP contribution in [0.4, 0.5) is 5.69 Å². The van der Waals surface area contributed by atoms with Gasteiger partial charge in [-0.2, -0.15) is 5.10 Å². The number of anilines is 1. The number of aromatic amines is 1. The van der Waals surface area contributed by atoms with Crippen LogP contribution in [0, 0.1) is 6.92 Å². The molecule has 0 saturated carbocycles. The molecule has 2 aromatic carbocycles. The Kier molecular flexibility index (Phi) is 4.28. The van der Waals surface area contributed by atoms with Crippen LogP contribution in [0.25, 0.3) is 11.3 Å². The van der Waals surface area contributed by atoms with Crippen LogP contribution in [0.5, 0.6) is 0 Å². The van der Waals surface area contributed by atoms with Crippen molar-refractivity contribution < 1.29 is 4.79 Å². The van der Waals surface area contributed by atoms with Gasteiger partial charge in [-0.05, 0) is 43.3 Å². The van der Waals surface area contributed by atoms with Gasteiger partial charge in [0.05, 0.1) is 11.4 Å². The summed E-state index contributed by atoms with van der Waals surface area (Å²) < 4.78 is 0.993. The van der Waals surface area contributed by atoms with Crippen LogP contribution in [0.3, 0.4) is 0 Å². The number of benzene rings is 2. The van der Waals surface area contributed by atoms with Crippen molar-refractivity contribution in [3.63, 3.8) is 0 Å². The van der Waals surface area contributed by atoms with Crippen molar-refractivity contribution in [2.24, 2.45) is 0 Å². The van der Waals surface area contributed by atoms with E-state index >= 15 is 0 Å². The van der Waals surface area contributed by atoms with E-state index < -0.39 is 0 Å². The molecule has 6 heteroatoms. The summed E-state index contributed by atoms with van der Waals surface area (Å²) in [7, 11) is 0. The Bertz CT molecular complexity index is 1180. The average molecular weight is 445 g/mol. The SMILES string of the molecule is Cc1ccc(N2C(=O)c3[nH]nc(-c4ccc(Br)cc4)c3C2c2ccccn2)cc1. The lowest BCUT2D eigenvalue weighted by Gasteiger charge is -2.25. The minimum atomic E-state index is -0.348. The third kappa shape index (κ3) is 2.96. The summed E-state index contributed by atoms with van der Waals surface area (Å²) >= 11 is 3.47. The largest absolute Gasteiger partial charge is 0.294 e. The van der Waals surface area contributed by atoms with Gasteiger partial charge in [0.25, 0.3) is 5.91 Å². The van der Waals surface area contributed by atoms with Crippen LogP contribution in [0.1, 0.15) is 33.4 Å². The highest BCUT2D eigenvalue weighted by Crippen LogP contribution is 2.44. The number of carbonyl (C=O) groups is 1. The number of rotatable bonds is 3. The number of amides is 1. The first-order valence-electron chi connectivity index (χ1n) is 9.29. The van der Waals surface area contributed by atoms with Crippen molar-refractivity contribution in [1.82, 2.24) is 15.2 Å². The molecule has 1 aliphatic rings. The van der Waals surface area contributed by atoms with E-state index in [9.17, 15) is 4.79 Å². The van der Waals surface area contributed by atoms with Gasteiger partial charge in [0.1, 0.15) is 11.7 Å². The Morgan fingerprint density at radius 2 is 1.76 bits per heavy atom. The number of halogens is 1. The molecule has 5 rings (SSSR count). The Morgan fingerprint density at radius 1 is 1.00 bits per heavy atom. The molecule has 5 nitrogen and oxygen atoms in total. The number of hydrogen-bond acceptors (Lipinski definition) is 3. The Morgan fingerprint density at radius 3 is 2.45 bits per heavy atom. The molecular weight excluding hydrogens is 428 g/mol. The zero-order valence-corrected chi connectivity index (χ0v) is 17.2. The second-order valence-corrected chi connectivity index (χ2v) is 7.95. The molecule has 2 aromatic heterocycles. The fourth-order valence-corrected chi connectivity index (χ4v) is 4.03. The third-order valence-corrected chi connectivity index (χ3v) is 5.69. The topological polar surface area (TPSA) is 61.9 Å². The van der Waals surface area contributed by atoms with Crippen molar-refractivity contribution in [3.8, 4) is 11.3 Å². The molecule has 1 N–H and O–H groups in total. The summed E-state index contributed by atoms with van der Waals surface area (Å²) in [5.74, 6) is -0.102. The Balaban J connectivity index is 1.71. The van der Waals surface area contributed by atoms with Crippen LogP contribution in [0.15, 0.2) is 77.4 Å². The monoisotopic (exact) mass is 444 g/mol. The van der Waals surface area contributed by atoms with Crippen molar-refractivity contribution in [1.29, 1.82) is 0 Å². The number of nitrogens with one attached hydrogen (secondary N) is 1. The quantitative estimate of drug-likeness (QED) is 0.466. The molecule has 0 aliphatic carbocycles. The Hall–Kier alpha value is -3.25. The minimum Gasteiger partial charge on any atom is -0.294 e. The molecule has 0 bridgehead atoms. The lowest BCUT2D eigenvalue weighted by atomic mass is 9.99. The molecule has 1 atom stereocenters. The van der Waals surface area contributed by atoms with Gasteiger partial charge in [-0.1, -0.05) is 51.8 Å². The van der Waals surface area contributed by atoms with Crippen LogP contribution in [-0.4, -0.2) is 21.1 Å². The fourth-order valence-electron chi connectivity index (χ4n) is 3.76. The smallest absolute Gasteiger partial charge is 0.277 e. The van der Waals surface area contributed by atoms with Gasteiger partial charge in [0.15, 0.2) is 0 Å². The van der Waals surface area contributed by atoms with E-state index in [1.807, 2.05) is 73.7 Å². The summed E-state index contributed by atoms with van der Waals surface area (Å²) in [5.41, 5.74) is 5.88. The number of hydrogen-bond donors (Lipinski definition) is 1. The van der Waals surface area contributed by atoms with E-state index in [2.05, 4.69) is 31.1 Å². The normalized spacial score (nSPS) is 15.6. The van der Waals surface area contributed by atoms with Crippen molar-refractivity contribution in [2.45, 2.75) is 13.0 Å². The molecule has 1 aliphatic heterocycles. The van der Waals surface area contributed by atoms with Gasteiger partial charge >= 0.3 is 0 Å². The summed E-state index contributed by atoms with van der Waals surface area (Å²) in [5, 5.41) is 7.47. The standard InChI is InChI=1S/C23H17BrN4O/c1-14-5-11-17(12-6-14)28-22(18-4-2-3-13-25-18)19-20(26-27-21(19)23(28)29)15-7-9-16(24)10-8-15/h2-13,22H,1H3,(H,26,27). The van der Waals surface area contributed by atoms with E-state index in [0.29, 0.717) is 5.69 Å². The van der Waals surface area contributed by atoms with Crippen LogP contribution >= 0.6 is 15.9 Å². The fraction of sp³-hybridized carbons (Fsp3) is 0.0870. The number of fused-ring (bicyclic) bond motifs is 1. The van der Waals surface area contributed by atoms with E-state index in [-0.39, 0.29) is 11.9 Å². The van der Waals surface area contributed by atoms with Crippen molar-refractivity contribution >= 4 is 27.5 Å². The predicted octanol–water partition coefficient (Wildman–Crippen LogP) is 5.29. The lowest BCUT2D eigenvalue weighted by Crippen LogP contribution is -2.29. The summed E-state index contributed by atoms with van der Waals surface area (Å²) in [6.07, 6.45) is 1.75. The maximum absolute atomic E-state index is 13.4. The van der Waals surface area contributed by atoms with Gasteiger partial charge in [0, 0.05) is 27.5 Å². The molecule has 1 unspecified atom stereocenters. The first kappa shape index (κ1) is 17.8. The summed E-state index contributed by atoms with van der Waals surface area (Å²) in [6, 6.07) is 21.3. The second kappa shape index (κ2) is 6.97. The molecule has 0 radical (unpaired) electrons. The molecule has 0 spiro atoms. The van der Waals surface area contributed by atoms with Crippen molar-refractivity contribution in [2.75, 3.05) is 4.90 Å². The van der Waals surface area contributed by atoms with Crippen molar-refractivity contribution in [3.05, 3.63) is 99.9 Å². The summed E-state index contributed by atoms with van der Waals surface area (Å²) in [4.78, 5) is 19.8. The molecule has 142 valence electrons. The molecular formula is C23H17BrN4O. The third-order valence-electron chi connectivity index (χ3n) is 5.17. The number of aromatic nitrogens is 3. The van der Waals surface area contributed by atoms with E-state index in [1.54, 1.807) is 11.1 Å². The number of nitrogens with zero attached hydrogens (tertiary/aromatic N) is 3. The maximum Gasteiger partial charge on any atom is 0.277 e. The highest BCUT2D eigenvalue weighted by atomic mass is 79.9. The van der Waals surface area contributed by atoms with E-state index in [1.165, 1.54) is 0 Å². The Labute approximate surface area is 176 Å². The van der Waals surface area contributed by atoms with E-state index in [4.69, 9.17) is 0 Å². The average Bonchev–Trinajstić information content (AvgIpc) is 3.29. The number of H-pyrrole nitrogens is 1. The van der Waals surface area contributed by atoms with Crippen LogP contribution in [0.2, 0.25) is 0 Å². The maximum atomic E-state index is 13.4. The zero-order chi connectivity index (χ0) is 20.0. The molecule has 1 amide bonds. The van der Waals surface area contributed by atoms with Crippen LogP contribution < -0.4 is 4.90 Å². The lowest BCUT2D eigenvalue weighted by molar-refractivity contribution is 0.0988. The first-order chi connectivity index (χ1) is 14.1. The molecule has 3 heterocycles. The summed E-state index contributed by atoms with van der Waals surface area (Å²) in [6.45, 7) is 2.03. The zero-order valence-electron chi connectivity index (χ0n) is 15.6. The highest BCUT2D eigenvalue weighted by molar-refractivity contribution is 9.10. The molecule has 0 fully saturated rings. The minimum absolute atomic E-state index is 0.102. The van der Waals surface area contributed by atoms with Gasteiger partial charge in [-0.25, -0.2) is 0 Å². The van der Waals surface area contributed by atoms with Gasteiger partial charge in [0.2, 0.25) is 0 Å². The van der Waals surface area contributed by atoms with Gasteiger partial charge in [-0.3, -0.25) is 19.8 Å². The number of carbonyl (C=O) groups excluding carboxylic acids is 1. The van der Waals surface area contributed by atoms with Gasteiger partial charge < -0.3 is 0 Å². The first-order valence-corrected chi connectivity index (χ1v) is 10.1. The van der Waals surface area contributed by atoms with Gasteiger partial charge in [-0.15, -0.1) is 0 Å². The predicted molar refractivity (Wildman–Crippen MR) is 116 cm³/mol. The molecule has 4 aromatic rings. The highest BCUT2D eigenvalue weighted by Gasteiger charge is 2.43. The van der Waals surface area contributed by atoms with Crippen LogP contribution in [-0.2, 0) is 0 Å². The van der Waals surface area contributed by atoms with E-state index in [0.717, 1.165) is 38.2 Å². The molecule has 29 heavy (non-hydrogen) atoms. The second-order valence-electron chi connectivity index (χ2n) is 7.04.